The molecular formula is C12H10NO2-. The average Bonchev–Trinajstić information content (AvgIpc) is 2.17. The van der Waals surface area contributed by atoms with Crippen LogP contribution in [-0.2, 0) is 0 Å². The van der Waals surface area contributed by atoms with Gasteiger partial charge in [0.15, 0.2) is 0 Å². The Labute approximate surface area is 87.4 Å². The second-order valence-electron chi connectivity index (χ2n) is 3.60. The van der Waals surface area contributed by atoms with Gasteiger partial charge in [0.05, 0.1) is 11.5 Å². The van der Waals surface area contributed by atoms with E-state index in [1.807, 2.05) is 25.1 Å². The van der Waals surface area contributed by atoms with Gasteiger partial charge in [0.1, 0.15) is 0 Å². The Morgan fingerprint density at radius 3 is 2.67 bits per heavy atom. The Hall–Kier alpha value is -1.90. The Morgan fingerprint density at radius 2 is 2.00 bits per heavy atom. The molecule has 0 fully saturated rings. The van der Waals surface area contributed by atoms with Crippen molar-refractivity contribution in [2.24, 2.45) is 0 Å². The number of carbonyl (C=O) groups excluding carboxylic acids is 1. The Balaban J connectivity index is 2.77. The number of pyridine rings is 1. The van der Waals surface area contributed by atoms with Crippen molar-refractivity contribution in [1.82, 2.24) is 4.98 Å². The van der Waals surface area contributed by atoms with Crippen LogP contribution in [0, 0.1) is 13.8 Å². The summed E-state index contributed by atoms with van der Waals surface area (Å²) >= 11 is 0. The van der Waals surface area contributed by atoms with Crippen LogP contribution >= 0.6 is 0 Å². The maximum Gasteiger partial charge on any atom is 0.0733 e. The van der Waals surface area contributed by atoms with Crippen molar-refractivity contribution in [3.05, 3.63) is 41.1 Å². The highest BCUT2D eigenvalue weighted by Gasteiger charge is 2.03. The molecule has 0 bridgehead atoms. The summed E-state index contributed by atoms with van der Waals surface area (Å²) in [6.07, 6.45) is 0. The molecule has 3 nitrogen and oxygen atoms in total. The second kappa shape index (κ2) is 3.35. The van der Waals surface area contributed by atoms with Gasteiger partial charge in [-0.3, -0.25) is 4.98 Å². The number of hydrogen-bond donors (Lipinski definition) is 0. The fourth-order valence-corrected chi connectivity index (χ4v) is 1.60. The van der Waals surface area contributed by atoms with Crippen molar-refractivity contribution in [3.8, 4) is 0 Å². The lowest BCUT2D eigenvalue weighted by atomic mass is 10.1. The summed E-state index contributed by atoms with van der Waals surface area (Å²) in [5.41, 5.74) is 2.54. The highest BCUT2D eigenvalue weighted by atomic mass is 16.4. The van der Waals surface area contributed by atoms with Crippen LogP contribution < -0.4 is 5.11 Å². The standard InChI is InChI=1S/C12H11NO2/c1-7-3-4-11-9(5-7)6-10(12(14)15)8(2)13-11/h3-6H,1-2H3,(H,14,15)/p-1. The fourth-order valence-electron chi connectivity index (χ4n) is 1.60. The fraction of sp³-hybridized carbons (Fsp3) is 0.167. The molecule has 1 heterocycles. The molecule has 15 heavy (non-hydrogen) atoms. The first kappa shape index (κ1) is 9.65. The molecule has 76 valence electrons. The number of nitrogens with zero attached hydrogens (tertiary/aromatic N) is 1. The van der Waals surface area contributed by atoms with Crippen LogP contribution in [0.1, 0.15) is 21.6 Å². The predicted molar refractivity (Wildman–Crippen MR) is 55.5 cm³/mol. The molecule has 0 aliphatic rings. The third-order valence-corrected chi connectivity index (χ3v) is 2.38. The molecule has 1 aromatic heterocycles. The minimum Gasteiger partial charge on any atom is -0.545 e. The van der Waals surface area contributed by atoms with Crippen LogP contribution in [-0.4, -0.2) is 11.0 Å². The smallest absolute Gasteiger partial charge is 0.0733 e. The summed E-state index contributed by atoms with van der Waals surface area (Å²) < 4.78 is 0. The molecule has 0 atom stereocenters. The van der Waals surface area contributed by atoms with Crippen LogP contribution in [0.5, 0.6) is 0 Å². The van der Waals surface area contributed by atoms with Crippen LogP contribution in [0.2, 0.25) is 0 Å². The molecule has 0 aliphatic heterocycles. The Bertz CT molecular complexity index is 547. The molecule has 2 aromatic rings. The maximum atomic E-state index is 10.8. The maximum absolute atomic E-state index is 10.8. The van der Waals surface area contributed by atoms with Gasteiger partial charge < -0.3 is 9.90 Å². The first-order valence-corrected chi connectivity index (χ1v) is 4.67. The van der Waals surface area contributed by atoms with E-state index < -0.39 is 5.97 Å². The van der Waals surface area contributed by atoms with Crippen LogP contribution in [0.25, 0.3) is 10.9 Å². The van der Waals surface area contributed by atoms with Gasteiger partial charge in [0.2, 0.25) is 0 Å². The normalized spacial score (nSPS) is 10.5. The van der Waals surface area contributed by atoms with E-state index in [1.165, 1.54) is 0 Å². The van der Waals surface area contributed by atoms with Crippen LogP contribution in [0.4, 0.5) is 0 Å². The minimum absolute atomic E-state index is 0.160. The number of carboxylic acids is 1. The van der Waals surface area contributed by atoms with E-state index in [9.17, 15) is 9.90 Å². The monoisotopic (exact) mass is 200 g/mol. The number of fused-ring (bicyclic) bond motifs is 1. The summed E-state index contributed by atoms with van der Waals surface area (Å²) in [5.74, 6) is -1.18. The molecule has 0 spiro atoms. The molecule has 3 heteroatoms. The van der Waals surface area contributed by atoms with Crippen molar-refractivity contribution in [2.75, 3.05) is 0 Å². The number of aryl methyl sites for hydroxylation is 2. The van der Waals surface area contributed by atoms with Gasteiger partial charge in [-0.05, 0) is 32.0 Å². The van der Waals surface area contributed by atoms with Gasteiger partial charge in [-0.1, -0.05) is 11.6 Å². The van der Waals surface area contributed by atoms with E-state index in [0.29, 0.717) is 5.69 Å². The lowest BCUT2D eigenvalue weighted by molar-refractivity contribution is -0.255. The molecule has 0 unspecified atom stereocenters. The van der Waals surface area contributed by atoms with Crippen molar-refractivity contribution >= 4 is 16.9 Å². The third-order valence-electron chi connectivity index (χ3n) is 2.38. The molecular weight excluding hydrogens is 190 g/mol. The van der Waals surface area contributed by atoms with Crippen molar-refractivity contribution in [1.29, 1.82) is 0 Å². The summed E-state index contributed by atoms with van der Waals surface area (Å²) in [7, 11) is 0. The van der Waals surface area contributed by atoms with Gasteiger partial charge in [-0.15, -0.1) is 0 Å². The summed E-state index contributed by atoms with van der Waals surface area (Å²) in [6.45, 7) is 3.63. The number of benzene rings is 1. The number of carbonyl (C=O) groups is 1. The van der Waals surface area contributed by atoms with Gasteiger partial charge in [0, 0.05) is 16.6 Å². The quantitative estimate of drug-likeness (QED) is 0.695. The summed E-state index contributed by atoms with van der Waals surface area (Å²) in [5, 5.41) is 11.6. The number of hydrogen-bond acceptors (Lipinski definition) is 3. The van der Waals surface area contributed by atoms with Crippen molar-refractivity contribution < 1.29 is 9.90 Å². The van der Waals surface area contributed by atoms with Gasteiger partial charge in [-0.25, -0.2) is 0 Å². The van der Waals surface area contributed by atoms with Gasteiger partial charge in [0.25, 0.3) is 0 Å². The van der Waals surface area contributed by atoms with Gasteiger partial charge in [-0.2, -0.15) is 0 Å². The largest absolute Gasteiger partial charge is 0.545 e. The topological polar surface area (TPSA) is 53.0 Å². The average molecular weight is 200 g/mol. The summed E-state index contributed by atoms with van der Waals surface area (Å²) in [6, 6.07) is 7.36. The van der Waals surface area contributed by atoms with E-state index in [4.69, 9.17) is 0 Å². The van der Waals surface area contributed by atoms with E-state index in [-0.39, 0.29) is 5.56 Å². The summed E-state index contributed by atoms with van der Waals surface area (Å²) in [4.78, 5) is 15.0. The number of aromatic nitrogens is 1. The molecule has 1 aromatic carbocycles. The van der Waals surface area contributed by atoms with Crippen molar-refractivity contribution in [3.63, 3.8) is 0 Å². The first-order chi connectivity index (χ1) is 7.08. The zero-order valence-corrected chi connectivity index (χ0v) is 8.57. The Morgan fingerprint density at radius 1 is 1.27 bits per heavy atom. The predicted octanol–water partition coefficient (Wildman–Crippen LogP) is 1.22. The minimum atomic E-state index is -1.18. The zero-order valence-electron chi connectivity index (χ0n) is 8.57. The number of rotatable bonds is 1. The molecule has 0 N–H and O–H groups in total. The molecule has 0 aliphatic carbocycles. The van der Waals surface area contributed by atoms with E-state index in [0.717, 1.165) is 16.5 Å². The molecule has 0 radical (unpaired) electrons. The molecule has 2 rings (SSSR count). The second-order valence-corrected chi connectivity index (χ2v) is 3.60. The number of carboxylic acid groups (broad SMARTS) is 1. The van der Waals surface area contributed by atoms with E-state index in [2.05, 4.69) is 4.98 Å². The lowest BCUT2D eigenvalue weighted by Crippen LogP contribution is -2.23. The zero-order chi connectivity index (χ0) is 11.0. The van der Waals surface area contributed by atoms with E-state index in [1.54, 1.807) is 13.0 Å². The molecule has 0 saturated heterocycles. The van der Waals surface area contributed by atoms with Crippen LogP contribution in [0.15, 0.2) is 24.3 Å². The van der Waals surface area contributed by atoms with Crippen molar-refractivity contribution in [2.45, 2.75) is 13.8 Å². The number of aromatic carboxylic acids is 1. The molecule has 0 amide bonds. The van der Waals surface area contributed by atoms with Gasteiger partial charge >= 0.3 is 0 Å². The first-order valence-electron chi connectivity index (χ1n) is 4.67. The highest BCUT2D eigenvalue weighted by molar-refractivity contribution is 5.92. The molecule has 0 saturated carbocycles. The highest BCUT2D eigenvalue weighted by Crippen LogP contribution is 2.17. The third kappa shape index (κ3) is 1.68. The Kier molecular flexibility index (Phi) is 2.15. The SMILES string of the molecule is Cc1ccc2nc(C)c(C(=O)[O-])cc2c1. The van der Waals surface area contributed by atoms with E-state index >= 15 is 0 Å². The van der Waals surface area contributed by atoms with Crippen LogP contribution in [0.3, 0.4) is 0 Å². The lowest BCUT2D eigenvalue weighted by Gasteiger charge is -2.08.